The molecule has 1 aromatic heterocycles. The van der Waals surface area contributed by atoms with Crippen LogP contribution in [0.2, 0.25) is 0 Å². The van der Waals surface area contributed by atoms with Crippen LogP contribution in [0.1, 0.15) is 23.9 Å². The van der Waals surface area contributed by atoms with Crippen LogP contribution < -0.4 is 15.4 Å². The van der Waals surface area contributed by atoms with Crippen LogP contribution in [0.3, 0.4) is 0 Å². The molecular weight excluding hydrogens is 477 g/mol. The fraction of sp³-hybridized carbons (Fsp3) is 0.364. The van der Waals surface area contributed by atoms with Gasteiger partial charge in [-0.1, -0.05) is 24.3 Å². The number of halogens is 1. The van der Waals surface area contributed by atoms with E-state index in [1.165, 1.54) is 5.56 Å². The number of hydrogen-bond donors (Lipinski definition) is 2. The lowest BCUT2D eigenvalue weighted by Gasteiger charge is -2.15. The molecule has 0 aliphatic rings. The van der Waals surface area contributed by atoms with E-state index in [9.17, 15) is 0 Å². The van der Waals surface area contributed by atoms with E-state index in [0.717, 1.165) is 47.2 Å². The lowest BCUT2D eigenvalue weighted by Crippen LogP contribution is -2.38. The quantitative estimate of drug-likeness (QED) is 0.288. The van der Waals surface area contributed by atoms with Gasteiger partial charge in [-0.15, -0.1) is 24.0 Å². The van der Waals surface area contributed by atoms with Crippen LogP contribution >= 0.6 is 24.0 Å². The molecule has 0 aliphatic heterocycles. The highest BCUT2D eigenvalue weighted by atomic mass is 127. The first kappa shape index (κ1) is 23.0. The first-order valence-electron chi connectivity index (χ1n) is 9.71. The molecule has 0 aliphatic carbocycles. The van der Waals surface area contributed by atoms with E-state index in [1.54, 1.807) is 7.05 Å². The summed E-state index contributed by atoms with van der Waals surface area (Å²) in [5.74, 6) is 2.71. The van der Waals surface area contributed by atoms with E-state index >= 15 is 0 Å². The van der Waals surface area contributed by atoms with Crippen molar-refractivity contribution < 1.29 is 4.74 Å². The molecule has 156 valence electrons. The summed E-state index contributed by atoms with van der Waals surface area (Å²) in [6.07, 6.45) is 0. The summed E-state index contributed by atoms with van der Waals surface area (Å²) in [4.78, 5) is 8.95. The van der Waals surface area contributed by atoms with Crippen molar-refractivity contribution in [2.45, 2.75) is 33.9 Å². The summed E-state index contributed by atoms with van der Waals surface area (Å²) >= 11 is 0. The number of benzene rings is 2. The molecule has 0 amide bonds. The maximum absolute atomic E-state index is 5.76. The Labute approximate surface area is 189 Å². The molecule has 7 heteroatoms. The number of guanidine groups is 1. The molecule has 3 aromatic rings. The van der Waals surface area contributed by atoms with Crippen LogP contribution in [0.25, 0.3) is 11.0 Å². The second kappa shape index (κ2) is 11.0. The smallest absolute Gasteiger partial charge is 0.191 e. The minimum absolute atomic E-state index is 0. The van der Waals surface area contributed by atoms with Crippen molar-refractivity contribution in [1.82, 2.24) is 20.2 Å². The topological polar surface area (TPSA) is 63.5 Å². The number of nitrogens with zero attached hydrogens (tertiary/aromatic N) is 3. The number of aryl methyl sites for hydroxylation is 2. The second-order valence-electron chi connectivity index (χ2n) is 6.70. The van der Waals surface area contributed by atoms with Gasteiger partial charge in [0.25, 0.3) is 0 Å². The Hall–Kier alpha value is -2.29. The predicted molar refractivity (Wildman–Crippen MR) is 130 cm³/mol. The van der Waals surface area contributed by atoms with E-state index in [4.69, 9.17) is 4.74 Å². The van der Waals surface area contributed by atoms with Gasteiger partial charge in [0, 0.05) is 32.2 Å². The molecule has 2 aromatic carbocycles. The number of aliphatic imine (C=N–C) groups is 1. The molecule has 0 saturated carbocycles. The van der Waals surface area contributed by atoms with Gasteiger partial charge in [0.05, 0.1) is 17.6 Å². The second-order valence-corrected chi connectivity index (χ2v) is 6.70. The average molecular weight is 507 g/mol. The van der Waals surface area contributed by atoms with Crippen molar-refractivity contribution in [3.63, 3.8) is 0 Å². The third kappa shape index (κ3) is 5.85. The highest BCUT2D eigenvalue weighted by Gasteiger charge is 2.08. The van der Waals surface area contributed by atoms with Crippen molar-refractivity contribution >= 4 is 41.0 Å². The fourth-order valence-corrected chi connectivity index (χ4v) is 3.26. The number of hydrogen-bond acceptors (Lipinski definition) is 3. The van der Waals surface area contributed by atoms with E-state index in [0.29, 0.717) is 13.2 Å². The number of fused-ring (bicyclic) bond motifs is 1. The minimum Gasteiger partial charge on any atom is -0.494 e. The van der Waals surface area contributed by atoms with Crippen molar-refractivity contribution in [2.24, 2.45) is 4.99 Å². The van der Waals surface area contributed by atoms with Gasteiger partial charge in [-0.05, 0) is 44.5 Å². The predicted octanol–water partition coefficient (Wildman–Crippen LogP) is 4.04. The van der Waals surface area contributed by atoms with Crippen LogP contribution in [0.15, 0.2) is 47.5 Å². The van der Waals surface area contributed by atoms with Crippen LogP contribution in [-0.4, -0.2) is 35.7 Å². The number of aromatic nitrogens is 2. The van der Waals surface area contributed by atoms with Crippen molar-refractivity contribution in [2.75, 3.05) is 20.2 Å². The zero-order chi connectivity index (χ0) is 19.9. The number of imidazole rings is 1. The molecule has 0 fully saturated rings. The van der Waals surface area contributed by atoms with Gasteiger partial charge in [-0.2, -0.15) is 0 Å². The molecule has 2 N–H and O–H groups in total. The molecule has 0 atom stereocenters. The first-order valence-corrected chi connectivity index (χ1v) is 9.71. The maximum atomic E-state index is 5.76. The lowest BCUT2D eigenvalue weighted by molar-refractivity contribution is 0.336. The largest absolute Gasteiger partial charge is 0.494 e. The van der Waals surface area contributed by atoms with Crippen molar-refractivity contribution in [3.8, 4) is 5.75 Å². The van der Waals surface area contributed by atoms with Gasteiger partial charge in [0.1, 0.15) is 11.6 Å². The first-order chi connectivity index (χ1) is 13.6. The van der Waals surface area contributed by atoms with Gasteiger partial charge < -0.3 is 19.9 Å². The summed E-state index contributed by atoms with van der Waals surface area (Å²) in [7, 11) is 1.78. The summed E-state index contributed by atoms with van der Waals surface area (Å²) in [5, 5.41) is 6.75. The van der Waals surface area contributed by atoms with Crippen LogP contribution in [0, 0.1) is 13.8 Å². The van der Waals surface area contributed by atoms with Gasteiger partial charge in [-0.3, -0.25) is 4.99 Å². The zero-order valence-corrected chi connectivity index (χ0v) is 19.9. The number of rotatable bonds is 7. The minimum atomic E-state index is 0. The third-order valence-electron chi connectivity index (χ3n) is 4.67. The monoisotopic (exact) mass is 507 g/mol. The molecule has 6 nitrogen and oxygen atoms in total. The summed E-state index contributed by atoms with van der Waals surface area (Å²) < 4.78 is 7.98. The highest BCUT2D eigenvalue weighted by molar-refractivity contribution is 14.0. The molecule has 29 heavy (non-hydrogen) atoms. The maximum Gasteiger partial charge on any atom is 0.191 e. The average Bonchev–Trinajstić information content (AvgIpc) is 3.01. The van der Waals surface area contributed by atoms with Gasteiger partial charge >= 0.3 is 0 Å². The normalized spacial score (nSPS) is 11.2. The molecule has 0 bridgehead atoms. The molecule has 3 rings (SSSR count). The molecule has 0 unspecified atom stereocenters. The Morgan fingerprint density at radius 1 is 1.14 bits per heavy atom. The Bertz CT molecular complexity index is 967. The number of ether oxygens (including phenoxy) is 1. The van der Waals surface area contributed by atoms with Crippen LogP contribution in [0.4, 0.5) is 0 Å². The molecule has 1 heterocycles. The van der Waals surface area contributed by atoms with Gasteiger partial charge in [0.2, 0.25) is 0 Å². The fourth-order valence-electron chi connectivity index (χ4n) is 3.26. The SMILES string of the molecule is CCOc1cc(C)ccc1CNC(=NC)NCCn1c(C)nc2ccccc21.I. The van der Waals surface area contributed by atoms with E-state index in [-0.39, 0.29) is 24.0 Å². The Kier molecular flexibility index (Phi) is 8.75. The molecule has 0 saturated heterocycles. The Morgan fingerprint density at radius 3 is 2.69 bits per heavy atom. The van der Waals surface area contributed by atoms with E-state index in [1.807, 2.05) is 32.0 Å². The third-order valence-corrected chi connectivity index (χ3v) is 4.67. The Balaban J connectivity index is 0.00000300. The summed E-state index contributed by atoms with van der Waals surface area (Å²) in [5.41, 5.74) is 4.50. The van der Waals surface area contributed by atoms with Crippen LogP contribution in [-0.2, 0) is 13.1 Å². The highest BCUT2D eigenvalue weighted by Crippen LogP contribution is 2.20. The number of nitrogens with one attached hydrogen (secondary N) is 2. The molecule has 0 spiro atoms. The van der Waals surface area contributed by atoms with Gasteiger partial charge in [0.15, 0.2) is 5.96 Å². The van der Waals surface area contributed by atoms with E-state index in [2.05, 4.69) is 56.4 Å². The Morgan fingerprint density at radius 2 is 1.93 bits per heavy atom. The molecular formula is C22H30IN5O. The zero-order valence-electron chi connectivity index (χ0n) is 17.5. The summed E-state index contributed by atoms with van der Waals surface area (Å²) in [6, 6.07) is 14.5. The summed E-state index contributed by atoms with van der Waals surface area (Å²) in [6.45, 7) is 9.00. The van der Waals surface area contributed by atoms with Gasteiger partial charge in [-0.25, -0.2) is 4.98 Å². The standard InChI is InChI=1S/C22H29N5O.HI/c1-5-28-21-14-16(2)10-11-18(21)15-25-22(23-4)24-12-13-27-17(3)26-19-8-6-7-9-20(19)27;/h6-11,14H,5,12-13,15H2,1-4H3,(H2,23,24,25);1H. The lowest BCUT2D eigenvalue weighted by atomic mass is 10.1. The van der Waals surface area contributed by atoms with Crippen molar-refractivity contribution in [3.05, 3.63) is 59.4 Å². The number of para-hydroxylation sites is 2. The van der Waals surface area contributed by atoms with Crippen LogP contribution in [0.5, 0.6) is 5.75 Å². The van der Waals surface area contributed by atoms with E-state index < -0.39 is 0 Å². The molecule has 0 radical (unpaired) electrons. The van der Waals surface area contributed by atoms with Crippen molar-refractivity contribution in [1.29, 1.82) is 0 Å².